The highest BCUT2D eigenvalue weighted by molar-refractivity contribution is 7.80. The van der Waals surface area contributed by atoms with Gasteiger partial charge in [-0.05, 0) is 34.2 Å². The Kier molecular flexibility index (Phi) is 10.5. The number of nitro groups is 1. The molecule has 0 bridgehead atoms. The van der Waals surface area contributed by atoms with Crippen LogP contribution >= 0.6 is 12.2 Å². The molecule has 42 heavy (non-hydrogen) atoms. The Morgan fingerprint density at radius 3 is 2.60 bits per heavy atom. The molecular weight excluding hydrogens is 548 g/mol. The van der Waals surface area contributed by atoms with Crippen LogP contribution in [0.1, 0.15) is 43.0 Å². The number of nitrogens with zero attached hydrogens (tertiary/aromatic N) is 4. The number of amides is 1. The second-order valence-electron chi connectivity index (χ2n) is 10.5. The quantitative estimate of drug-likeness (QED) is 0.0840. The van der Waals surface area contributed by atoms with Crippen molar-refractivity contribution in [2.24, 2.45) is 5.92 Å². The van der Waals surface area contributed by atoms with Gasteiger partial charge in [-0.25, -0.2) is 10.4 Å². The Hall–Kier alpha value is -4.41. The van der Waals surface area contributed by atoms with E-state index in [0.29, 0.717) is 42.8 Å². The Bertz CT molecular complexity index is 1540. The summed E-state index contributed by atoms with van der Waals surface area (Å²) in [6.45, 7) is 9.80. The van der Waals surface area contributed by atoms with Crippen LogP contribution < -0.4 is 10.7 Å². The number of nitro benzene ring substituents is 1. The highest BCUT2D eigenvalue weighted by Crippen LogP contribution is 2.25. The van der Waals surface area contributed by atoms with E-state index >= 15 is 0 Å². The van der Waals surface area contributed by atoms with Crippen LogP contribution in [0.25, 0.3) is 10.8 Å². The molecule has 3 aromatic carbocycles. The molecule has 0 spiro atoms. The molecule has 4 rings (SSSR count). The number of imidazole rings is 1. The molecule has 0 aliphatic rings. The fraction of sp³-hybridized carbons (Fsp3) is 0.281. The van der Waals surface area contributed by atoms with Gasteiger partial charge in [0.05, 0.1) is 28.5 Å². The van der Waals surface area contributed by atoms with Crippen LogP contribution in [0.3, 0.4) is 0 Å². The number of nitrogens with one attached hydrogen (secondary N) is 2. The van der Waals surface area contributed by atoms with Gasteiger partial charge in [0.1, 0.15) is 5.92 Å². The van der Waals surface area contributed by atoms with Crippen LogP contribution in [0.2, 0.25) is 0 Å². The molecule has 1 amide bonds. The van der Waals surface area contributed by atoms with Gasteiger partial charge >= 0.3 is 0 Å². The Morgan fingerprint density at radius 1 is 1.14 bits per heavy atom. The highest BCUT2D eigenvalue weighted by Gasteiger charge is 2.33. The van der Waals surface area contributed by atoms with Gasteiger partial charge in [-0.3, -0.25) is 19.9 Å². The van der Waals surface area contributed by atoms with Crippen LogP contribution in [0.15, 0.2) is 91.9 Å². The summed E-state index contributed by atoms with van der Waals surface area (Å²) in [6.07, 6.45) is 5.88. The number of hydrazine groups is 1. The summed E-state index contributed by atoms with van der Waals surface area (Å²) >= 11 is 5.80. The lowest BCUT2D eigenvalue weighted by atomic mass is 10.0. The fourth-order valence-electron chi connectivity index (χ4n) is 4.73. The van der Waals surface area contributed by atoms with E-state index in [4.69, 9.17) is 12.2 Å². The van der Waals surface area contributed by atoms with Gasteiger partial charge in [0.25, 0.3) is 11.6 Å². The SMILES string of the molecule is C=CCNC(=S)[C@H](C(=O)N(Cc1cccc2ccccc12)NCCC(C)C)c1cncn1Cc1ccc([N+](=O)[O-])cc1. The lowest BCUT2D eigenvalue weighted by Crippen LogP contribution is -2.48. The normalized spacial score (nSPS) is 11.8. The fourth-order valence-corrected chi connectivity index (χ4v) is 5.03. The van der Waals surface area contributed by atoms with Crippen molar-refractivity contribution in [2.75, 3.05) is 13.1 Å². The summed E-state index contributed by atoms with van der Waals surface area (Å²) in [4.78, 5) is 29.9. The number of benzene rings is 3. The smallest absolute Gasteiger partial charge is 0.269 e. The third-order valence-corrected chi connectivity index (χ3v) is 7.35. The van der Waals surface area contributed by atoms with E-state index in [1.54, 1.807) is 35.7 Å². The zero-order valence-electron chi connectivity index (χ0n) is 23.9. The van der Waals surface area contributed by atoms with Crippen LogP contribution in [0.4, 0.5) is 5.69 Å². The van der Waals surface area contributed by atoms with Crippen molar-refractivity contribution >= 4 is 39.6 Å². The molecule has 0 aliphatic heterocycles. The number of fused-ring (bicyclic) bond motifs is 1. The van der Waals surface area contributed by atoms with Gasteiger partial charge in [0.2, 0.25) is 0 Å². The minimum Gasteiger partial charge on any atom is -0.375 e. The summed E-state index contributed by atoms with van der Waals surface area (Å²) in [5.41, 5.74) is 5.87. The lowest BCUT2D eigenvalue weighted by Gasteiger charge is -2.30. The number of aromatic nitrogens is 2. The standard InChI is InChI=1S/C32H36N6O3S/c1-4-17-34-31(42)30(29-19-33-22-36(29)20-24-12-14-27(15-13-24)38(40)41)32(39)37(35-18-16-23(2)3)21-26-10-7-9-25-8-5-6-11-28(25)26/h4-15,19,22-23,30,35H,1,16-18,20-21H2,2-3H3,(H,34,42)/t30-/m1/s1. The number of carbonyl (C=O) groups is 1. The van der Waals surface area contributed by atoms with E-state index in [2.05, 4.69) is 54.4 Å². The minimum atomic E-state index is -0.831. The van der Waals surface area contributed by atoms with Crippen molar-refractivity contribution in [2.45, 2.75) is 39.3 Å². The molecular formula is C32H36N6O3S. The summed E-state index contributed by atoms with van der Waals surface area (Å²) in [7, 11) is 0. The number of non-ortho nitro benzene ring substituents is 1. The Morgan fingerprint density at radius 2 is 1.88 bits per heavy atom. The highest BCUT2D eigenvalue weighted by atomic mass is 32.1. The number of carbonyl (C=O) groups excluding carboxylic acids is 1. The molecule has 1 atom stereocenters. The van der Waals surface area contributed by atoms with E-state index in [9.17, 15) is 14.9 Å². The monoisotopic (exact) mass is 584 g/mol. The first kappa shape index (κ1) is 30.5. The first-order valence-electron chi connectivity index (χ1n) is 13.9. The predicted octanol–water partition coefficient (Wildman–Crippen LogP) is 5.76. The number of thiocarbonyl (C=S) groups is 1. The first-order valence-corrected chi connectivity index (χ1v) is 14.3. The summed E-state index contributed by atoms with van der Waals surface area (Å²) in [6, 6.07) is 20.6. The van der Waals surface area contributed by atoms with Crippen molar-refractivity contribution in [3.63, 3.8) is 0 Å². The Balaban J connectivity index is 1.69. The molecule has 1 heterocycles. The molecule has 218 valence electrons. The second-order valence-corrected chi connectivity index (χ2v) is 10.9. The predicted molar refractivity (Wildman–Crippen MR) is 170 cm³/mol. The zero-order chi connectivity index (χ0) is 30.1. The van der Waals surface area contributed by atoms with Crippen molar-refractivity contribution in [3.8, 4) is 0 Å². The van der Waals surface area contributed by atoms with Crippen molar-refractivity contribution in [1.29, 1.82) is 0 Å². The van der Waals surface area contributed by atoms with Crippen LogP contribution in [-0.2, 0) is 17.9 Å². The molecule has 0 aliphatic carbocycles. The average Bonchev–Trinajstić information content (AvgIpc) is 3.43. The van der Waals surface area contributed by atoms with E-state index in [-0.39, 0.29) is 11.6 Å². The van der Waals surface area contributed by atoms with E-state index < -0.39 is 10.8 Å². The summed E-state index contributed by atoms with van der Waals surface area (Å²) in [5, 5.41) is 18.1. The third kappa shape index (κ3) is 7.65. The van der Waals surface area contributed by atoms with Crippen molar-refractivity contribution in [1.82, 2.24) is 25.3 Å². The van der Waals surface area contributed by atoms with E-state index in [1.165, 1.54) is 12.1 Å². The molecule has 0 fully saturated rings. The van der Waals surface area contributed by atoms with E-state index in [1.807, 2.05) is 28.8 Å². The molecule has 0 saturated carbocycles. The molecule has 0 unspecified atom stereocenters. The van der Waals surface area contributed by atoms with Gasteiger partial charge in [-0.15, -0.1) is 6.58 Å². The molecule has 4 aromatic rings. The van der Waals surface area contributed by atoms with Crippen LogP contribution in [0, 0.1) is 16.0 Å². The number of hydrogen-bond acceptors (Lipinski definition) is 6. The van der Waals surface area contributed by atoms with Gasteiger partial charge < -0.3 is 9.88 Å². The van der Waals surface area contributed by atoms with Gasteiger partial charge in [-0.2, -0.15) is 0 Å². The van der Waals surface area contributed by atoms with Crippen molar-refractivity contribution in [3.05, 3.63) is 119 Å². The average molecular weight is 585 g/mol. The maximum absolute atomic E-state index is 14.5. The number of rotatable bonds is 14. The molecule has 0 saturated heterocycles. The lowest BCUT2D eigenvalue weighted by molar-refractivity contribution is -0.384. The van der Waals surface area contributed by atoms with Crippen molar-refractivity contribution < 1.29 is 9.72 Å². The molecule has 0 radical (unpaired) electrons. The zero-order valence-corrected chi connectivity index (χ0v) is 24.7. The second kappa shape index (κ2) is 14.5. The molecule has 10 heteroatoms. The minimum absolute atomic E-state index is 0.0176. The molecule has 2 N–H and O–H groups in total. The third-order valence-electron chi connectivity index (χ3n) is 6.97. The Labute approximate surface area is 251 Å². The topological polar surface area (TPSA) is 105 Å². The summed E-state index contributed by atoms with van der Waals surface area (Å²) < 4.78 is 1.86. The van der Waals surface area contributed by atoms with Gasteiger partial charge in [0.15, 0.2) is 0 Å². The van der Waals surface area contributed by atoms with E-state index in [0.717, 1.165) is 28.3 Å². The van der Waals surface area contributed by atoms with Crippen LogP contribution in [0.5, 0.6) is 0 Å². The maximum atomic E-state index is 14.5. The van der Waals surface area contributed by atoms with Gasteiger partial charge in [-0.1, -0.05) is 86.7 Å². The molecule has 1 aromatic heterocycles. The first-order chi connectivity index (χ1) is 20.3. The van der Waals surface area contributed by atoms with Crippen LogP contribution in [-0.4, -0.2) is 43.5 Å². The number of hydrogen-bond donors (Lipinski definition) is 2. The maximum Gasteiger partial charge on any atom is 0.269 e. The molecule has 9 nitrogen and oxygen atoms in total. The van der Waals surface area contributed by atoms with Gasteiger partial charge in [0, 0.05) is 38.0 Å². The summed E-state index contributed by atoms with van der Waals surface area (Å²) in [5.74, 6) is -0.581. The largest absolute Gasteiger partial charge is 0.375 e.